The summed E-state index contributed by atoms with van der Waals surface area (Å²) in [6.07, 6.45) is -0.0742. The second kappa shape index (κ2) is 8.50. The van der Waals surface area contributed by atoms with Gasteiger partial charge in [-0.1, -0.05) is 11.6 Å². The smallest absolute Gasteiger partial charge is 0.419 e. The maximum Gasteiger partial charge on any atom is 0.419 e. The minimum Gasteiger partial charge on any atom is -0.490 e. The van der Waals surface area contributed by atoms with Crippen molar-refractivity contribution < 1.29 is 18.7 Å². The largest absolute Gasteiger partial charge is 0.490 e. The van der Waals surface area contributed by atoms with E-state index in [1.807, 2.05) is 6.07 Å². The molecule has 1 aromatic heterocycles. The molecule has 2 aromatic carbocycles. The van der Waals surface area contributed by atoms with Crippen molar-refractivity contribution in [2.24, 2.45) is 0 Å². The third-order valence-electron chi connectivity index (χ3n) is 3.82. The monoisotopic (exact) mass is 464 g/mol. The number of rotatable bonds is 6. The molecule has 0 saturated heterocycles. The molecular formula is C19H14BrClN2O5. The van der Waals surface area contributed by atoms with Crippen molar-refractivity contribution in [1.82, 2.24) is 4.57 Å². The summed E-state index contributed by atoms with van der Waals surface area (Å²) in [5.74, 6) is -0.689. The first-order chi connectivity index (χ1) is 13.4. The van der Waals surface area contributed by atoms with Gasteiger partial charge in [0, 0.05) is 23.7 Å². The number of aryl methyl sites for hydroxylation is 1. The predicted molar refractivity (Wildman–Crippen MR) is 106 cm³/mol. The highest BCUT2D eigenvalue weighted by Gasteiger charge is 2.17. The highest BCUT2D eigenvalue weighted by molar-refractivity contribution is 9.10. The van der Waals surface area contributed by atoms with Crippen LogP contribution < -0.4 is 15.2 Å². The molecule has 0 amide bonds. The van der Waals surface area contributed by atoms with E-state index in [9.17, 15) is 9.59 Å². The van der Waals surface area contributed by atoms with E-state index in [4.69, 9.17) is 30.8 Å². The number of fused-ring (bicyclic) bond motifs is 1. The summed E-state index contributed by atoms with van der Waals surface area (Å²) in [5.41, 5.74) is 1.25. The maximum absolute atomic E-state index is 12.3. The van der Waals surface area contributed by atoms with Gasteiger partial charge in [-0.25, -0.2) is 4.79 Å². The van der Waals surface area contributed by atoms with Crippen LogP contribution in [0.4, 0.5) is 0 Å². The number of hydrogen-bond donors (Lipinski definition) is 0. The topological polar surface area (TPSA) is 94.5 Å². The van der Waals surface area contributed by atoms with Gasteiger partial charge in [-0.2, -0.15) is 5.26 Å². The SMILES string of the molecule is CCOc1cc(C#N)cc(Br)c1OC(=O)CCn1c(=O)oc2cc(Cl)ccc21. The lowest BCUT2D eigenvalue weighted by atomic mass is 10.2. The van der Waals surface area contributed by atoms with Crippen molar-refractivity contribution in [3.63, 3.8) is 0 Å². The van der Waals surface area contributed by atoms with Crippen LogP contribution >= 0.6 is 27.5 Å². The number of oxazole rings is 1. The number of aromatic nitrogens is 1. The van der Waals surface area contributed by atoms with Crippen molar-refractivity contribution in [2.75, 3.05) is 6.61 Å². The van der Waals surface area contributed by atoms with Gasteiger partial charge < -0.3 is 13.9 Å². The molecule has 0 spiro atoms. The lowest BCUT2D eigenvalue weighted by Gasteiger charge is -2.13. The summed E-state index contributed by atoms with van der Waals surface area (Å²) in [4.78, 5) is 24.4. The van der Waals surface area contributed by atoms with Crippen molar-refractivity contribution in [1.29, 1.82) is 5.26 Å². The number of benzene rings is 2. The van der Waals surface area contributed by atoms with E-state index in [1.165, 1.54) is 22.8 Å². The van der Waals surface area contributed by atoms with Crippen LogP contribution in [0.25, 0.3) is 11.1 Å². The van der Waals surface area contributed by atoms with Crippen LogP contribution in [0.1, 0.15) is 18.9 Å². The first-order valence-electron chi connectivity index (χ1n) is 8.29. The fraction of sp³-hybridized carbons (Fsp3) is 0.211. The molecule has 0 atom stereocenters. The Labute approximate surface area is 173 Å². The van der Waals surface area contributed by atoms with E-state index in [0.29, 0.717) is 32.8 Å². The Bertz CT molecular complexity index is 1150. The van der Waals surface area contributed by atoms with E-state index < -0.39 is 11.7 Å². The van der Waals surface area contributed by atoms with Gasteiger partial charge in [-0.05, 0) is 41.1 Å². The predicted octanol–water partition coefficient (Wildman–Crippen LogP) is 4.28. The number of ether oxygens (including phenoxy) is 2. The fourth-order valence-electron chi connectivity index (χ4n) is 2.61. The van der Waals surface area contributed by atoms with E-state index in [1.54, 1.807) is 19.1 Å². The molecule has 0 radical (unpaired) electrons. The number of nitriles is 1. The van der Waals surface area contributed by atoms with Gasteiger partial charge in [0.2, 0.25) is 0 Å². The van der Waals surface area contributed by atoms with Gasteiger partial charge in [0.15, 0.2) is 17.1 Å². The average Bonchev–Trinajstić information content (AvgIpc) is 2.96. The zero-order chi connectivity index (χ0) is 20.3. The van der Waals surface area contributed by atoms with Crippen LogP contribution in [0, 0.1) is 11.3 Å². The Morgan fingerprint density at radius 1 is 1.36 bits per heavy atom. The highest BCUT2D eigenvalue weighted by atomic mass is 79.9. The van der Waals surface area contributed by atoms with Gasteiger partial charge in [-0.15, -0.1) is 0 Å². The van der Waals surface area contributed by atoms with E-state index >= 15 is 0 Å². The van der Waals surface area contributed by atoms with Gasteiger partial charge >= 0.3 is 11.7 Å². The second-order valence-electron chi connectivity index (χ2n) is 5.69. The summed E-state index contributed by atoms with van der Waals surface area (Å²) >= 11 is 9.18. The first kappa shape index (κ1) is 20.0. The van der Waals surface area contributed by atoms with Crippen LogP contribution in [0.5, 0.6) is 11.5 Å². The summed E-state index contributed by atoms with van der Waals surface area (Å²) in [5, 5.41) is 9.51. The molecule has 3 aromatic rings. The standard InChI is InChI=1S/C19H14BrClN2O5/c1-2-26-16-8-11(10-22)7-13(20)18(16)28-17(24)5-6-23-14-4-3-12(21)9-15(14)27-19(23)25/h3-4,7-9H,2,5-6H2,1H3. The van der Waals surface area contributed by atoms with Crippen LogP contribution in [0.2, 0.25) is 5.02 Å². The Balaban J connectivity index is 1.78. The number of hydrogen-bond acceptors (Lipinski definition) is 6. The van der Waals surface area contributed by atoms with Gasteiger partial charge in [0.25, 0.3) is 0 Å². The summed E-state index contributed by atoms with van der Waals surface area (Å²) in [7, 11) is 0. The molecule has 0 aliphatic heterocycles. The van der Waals surface area contributed by atoms with Gasteiger partial charge in [0.1, 0.15) is 0 Å². The molecule has 0 saturated carbocycles. The normalized spacial score (nSPS) is 10.6. The summed E-state index contributed by atoms with van der Waals surface area (Å²) < 4.78 is 17.8. The molecule has 144 valence electrons. The Morgan fingerprint density at radius 2 is 2.14 bits per heavy atom. The molecule has 28 heavy (non-hydrogen) atoms. The van der Waals surface area contributed by atoms with Crippen LogP contribution in [-0.2, 0) is 11.3 Å². The van der Waals surface area contributed by atoms with Gasteiger partial charge in [0.05, 0.1) is 34.6 Å². The zero-order valence-electron chi connectivity index (χ0n) is 14.7. The van der Waals surface area contributed by atoms with Crippen molar-refractivity contribution in [2.45, 2.75) is 19.9 Å². The molecule has 0 bridgehead atoms. The number of esters is 1. The molecule has 0 N–H and O–H groups in total. The molecular weight excluding hydrogens is 452 g/mol. The third-order valence-corrected chi connectivity index (χ3v) is 4.65. The molecule has 7 nitrogen and oxygen atoms in total. The van der Waals surface area contributed by atoms with Crippen LogP contribution in [0.3, 0.4) is 0 Å². The average molecular weight is 466 g/mol. The van der Waals surface area contributed by atoms with Crippen molar-refractivity contribution in [3.05, 3.63) is 55.9 Å². The first-order valence-corrected chi connectivity index (χ1v) is 9.46. The molecule has 0 fully saturated rings. The van der Waals surface area contributed by atoms with Crippen LogP contribution in [-0.4, -0.2) is 17.1 Å². The minimum absolute atomic E-state index is 0.0736. The van der Waals surface area contributed by atoms with E-state index in [-0.39, 0.29) is 24.5 Å². The molecule has 0 unspecified atom stereocenters. The minimum atomic E-state index is -0.584. The molecule has 9 heteroatoms. The second-order valence-corrected chi connectivity index (χ2v) is 6.98. The molecule has 0 aliphatic rings. The Morgan fingerprint density at radius 3 is 2.86 bits per heavy atom. The van der Waals surface area contributed by atoms with E-state index in [0.717, 1.165) is 0 Å². The van der Waals surface area contributed by atoms with Crippen molar-refractivity contribution in [3.8, 4) is 17.6 Å². The highest BCUT2D eigenvalue weighted by Crippen LogP contribution is 2.37. The Hall–Kier alpha value is -2.76. The van der Waals surface area contributed by atoms with Crippen LogP contribution in [0.15, 0.2) is 44.0 Å². The maximum atomic E-state index is 12.3. The number of carbonyl (C=O) groups excluding carboxylic acids is 1. The quantitative estimate of drug-likeness (QED) is 0.398. The fourth-order valence-corrected chi connectivity index (χ4v) is 3.30. The van der Waals surface area contributed by atoms with Gasteiger partial charge in [-0.3, -0.25) is 9.36 Å². The van der Waals surface area contributed by atoms with Crippen molar-refractivity contribution >= 4 is 44.6 Å². The third kappa shape index (κ3) is 4.21. The molecule has 0 aliphatic carbocycles. The van der Waals surface area contributed by atoms with E-state index in [2.05, 4.69) is 15.9 Å². The summed E-state index contributed by atoms with van der Waals surface area (Å²) in [6, 6.07) is 9.86. The zero-order valence-corrected chi connectivity index (χ0v) is 17.0. The lowest BCUT2D eigenvalue weighted by Crippen LogP contribution is -2.19. The number of carbonyl (C=O) groups is 1. The summed E-state index contributed by atoms with van der Waals surface area (Å²) in [6.45, 7) is 2.19. The number of nitrogens with zero attached hydrogens (tertiary/aromatic N) is 2. The Kier molecular flexibility index (Phi) is 6.07. The molecule has 3 rings (SSSR count). The lowest BCUT2D eigenvalue weighted by molar-refractivity contribution is -0.134. The number of halogens is 2. The molecule has 1 heterocycles.